The molecule has 1 fully saturated rings. The van der Waals surface area contributed by atoms with Gasteiger partial charge in [-0.25, -0.2) is 4.79 Å². The first-order valence-electron chi connectivity index (χ1n) is 10.1. The molecule has 1 heterocycles. The molecule has 0 amide bonds. The summed E-state index contributed by atoms with van der Waals surface area (Å²) in [6, 6.07) is 11.9. The number of ether oxygens (including phenoxy) is 1. The molecular weight excluding hydrogens is 384 g/mol. The summed E-state index contributed by atoms with van der Waals surface area (Å²) >= 11 is 0. The van der Waals surface area contributed by atoms with E-state index in [1.54, 1.807) is 43.3 Å². The van der Waals surface area contributed by atoms with Gasteiger partial charge in [-0.05, 0) is 56.0 Å². The first-order valence-corrected chi connectivity index (χ1v) is 10.1. The zero-order valence-electron chi connectivity index (χ0n) is 17.2. The van der Waals surface area contributed by atoms with Gasteiger partial charge in [0, 0.05) is 24.7 Å². The number of esters is 1. The van der Waals surface area contributed by atoms with E-state index in [-0.39, 0.29) is 16.6 Å². The van der Waals surface area contributed by atoms with Crippen molar-refractivity contribution in [2.24, 2.45) is 11.0 Å². The minimum absolute atomic E-state index is 0.0901. The third-order valence-electron chi connectivity index (χ3n) is 5.12. The van der Waals surface area contributed by atoms with Gasteiger partial charge >= 0.3 is 5.97 Å². The Morgan fingerprint density at radius 1 is 1.27 bits per heavy atom. The van der Waals surface area contributed by atoms with Gasteiger partial charge in [-0.2, -0.15) is 5.10 Å². The highest BCUT2D eigenvalue weighted by Gasteiger charge is 2.23. The van der Waals surface area contributed by atoms with E-state index >= 15 is 0 Å². The molecule has 1 N–H and O–H groups in total. The van der Waals surface area contributed by atoms with Gasteiger partial charge in [0.05, 0.1) is 29.0 Å². The number of carbonyl (C=O) groups excluding carboxylic acids is 1. The molecule has 1 aliphatic rings. The van der Waals surface area contributed by atoms with Crippen molar-refractivity contribution in [3.63, 3.8) is 0 Å². The van der Waals surface area contributed by atoms with E-state index in [2.05, 4.69) is 22.4 Å². The van der Waals surface area contributed by atoms with E-state index in [0.29, 0.717) is 35.0 Å². The van der Waals surface area contributed by atoms with Gasteiger partial charge in [-0.15, -0.1) is 0 Å². The topological polar surface area (TPSA) is 97.1 Å². The zero-order chi connectivity index (χ0) is 21.5. The molecule has 2 aromatic rings. The van der Waals surface area contributed by atoms with Gasteiger partial charge in [-0.3, -0.25) is 15.5 Å². The van der Waals surface area contributed by atoms with Crippen LogP contribution < -0.4 is 10.3 Å². The summed E-state index contributed by atoms with van der Waals surface area (Å²) in [5.74, 6) is 0.284. The molecule has 30 heavy (non-hydrogen) atoms. The number of hydrogen-bond acceptors (Lipinski definition) is 7. The smallest absolute Gasteiger partial charge is 0.338 e. The van der Waals surface area contributed by atoms with E-state index in [0.717, 1.165) is 25.9 Å². The Morgan fingerprint density at radius 3 is 2.60 bits per heavy atom. The summed E-state index contributed by atoms with van der Waals surface area (Å²) < 4.78 is 4.95. The molecule has 8 nitrogen and oxygen atoms in total. The summed E-state index contributed by atoms with van der Waals surface area (Å²) in [4.78, 5) is 25.0. The SMILES string of the molecule is CCOC(=O)c1ccc(NN=Cc2ccc(N3CCC(C)CC3)c([N+](=O)[O-])c2)cc1. The lowest BCUT2D eigenvalue weighted by atomic mass is 9.98. The average Bonchev–Trinajstić information content (AvgIpc) is 2.75. The van der Waals surface area contributed by atoms with Gasteiger partial charge in [0.25, 0.3) is 5.69 Å². The van der Waals surface area contributed by atoms with Gasteiger partial charge in [0.15, 0.2) is 0 Å². The molecule has 158 valence electrons. The second-order valence-corrected chi connectivity index (χ2v) is 7.34. The standard InChI is InChI=1S/C22H26N4O4/c1-3-30-22(27)18-5-7-19(8-6-18)24-23-15-17-4-9-20(21(14-17)26(28)29)25-12-10-16(2)11-13-25/h4-9,14-16,24H,3,10-13H2,1-2H3. The maximum atomic E-state index is 11.7. The second-order valence-electron chi connectivity index (χ2n) is 7.34. The molecule has 3 rings (SSSR count). The fourth-order valence-corrected chi connectivity index (χ4v) is 3.36. The van der Waals surface area contributed by atoms with E-state index in [1.165, 1.54) is 6.21 Å². The minimum Gasteiger partial charge on any atom is -0.462 e. The van der Waals surface area contributed by atoms with Crippen molar-refractivity contribution in [2.45, 2.75) is 26.7 Å². The Morgan fingerprint density at radius 2 is 1.97 bits per heavy atom. The summed E-state index contributed by atoms with van der Waals surface area (Å²) in [6.45, 7) is 5.96. The number of benzene rings is 2. The Bertz CT molecular complexity index is 919. The highest BCUT2D eigenvalue weighted by Crippen LogP contribution is 2.32. The van der Waals surface area contributed by atoms with Crippen molar-refractivity contribution >= 4 is 29.2 Å². The predicted molar refractivity (Wildman–Crippen MR) is 117 cm³/mol. The fourth-order valence-electron chi connectivity index (χ4n) is 3.36. The largest absolute Gasteiger partial charge is 0.462 e. The van der Waals surface area contributed by atoms with Crippen LogP contribution in [0.2, 0.25) is 0 Å². The number of rotatable bonds is 7. The van der Waals surface area contributed by atoms with Crippen LogP contribution in [0.1, 0.15) is 42.6 Å². The maximum absolute atomic E-state index is 11.7. The van der Waals surface area contributed by atoms with E-state index in [1.807, 2.05) is 6.07 Å². The molecule has 0 aromatic heterocycles. The number of anilines is 2. The molecule has 0 radical (unpaired) electrons. The number of piperidine rings is 1. The van der Waals surface area contributed by atoms with Gasteiger partial charge < -0.3 is 9.64 Å². The number of hydrogen-bond donors (Lipinski definition) is 1. The van der Waals surface area contributed by atoms with Crippen LogP contribution in [0.15, 0.2) is 47.6 Å². The third-order valence-corrected chi connectivity index (χ3v) is 5.12. The molecule has 2 aromatic carbocycles. The van der Waals surface area contributed by atoms with Crippen LogP contribution >= 0.6 is 0 Å². The third kappa shape index (κ3) is 5.34. The average molecular weight is 410 g/mol. The van der Waals surface area contributed by atoms with E-state index in [4.69, 9.17) is 4.74 Å². The van der Waals surface area contributed by atoms with Crippen LogP contribution in [-0.2, 0) is 4.74 Å². The van der Waals surface area contributed by atoms with Gasteiger partial charge in [-0.1, -0.05) is 13.0 Å². The Labute approximate surface area is 175 Å². The minimum atomic E-state index is -0.372. The molecule has 0 saturated carbocycles. The van der Waals surface area contributed by atoms with Crippen molar-refractivity contribution in [1.29, 1.82) is 0 Å². The monoisotopic (exact) mass is 410 g/mol. The van der Waals surface area contributed by atoms with Crippen molar-refractivity contribution < 1.29 is 14.5 Å². The van der Waals surface area contributed by atoms with Crippen LogP contribution in [0.5, 0.6) is 0 Å². The van der Waals surface area contributed by atoms with Gasteiger partial charge in [0.1, 0.15) is 5.69 Å². The molecule has 1 aliphatic heterocycles. The molecule has 0 aliphatic carbocycles. The lowest BCUT2D eigenvalue weighted by Gasteiger charge is -2.31. The molecule has 0 bridgehead atoms. The molecule has 0 unspecified atom stereocenters. The number of nitro benzene ring substituents is 1. The Balaban J connectivity index is 1.67. The first kappa shape index (κ1) is 21.3. The number of nitro groups is 1. The summed E-state index contributed by atoms with van der Waals surface area (Å²) in [7, 11) is 0. The number of nitrogens with one attached hydrogen (secondary N) is 1. The predicted octanol–water partition coefficient (Wildman–Crippen LogP) is 4.45. The van der Waals surface area contributed by atoms with Crippen LogP contribution in [-0.4, -0.2) is 36.8 Å². The van der Waals surface area contributed by atoms with Crippen molar-refractivity contribution in [3.05, 3.63) is 63.7 Å². The van der Waals surface area contributed by atoms with E-state index in [9.17, 15) is 14.9 Å². The second kappa shape index (κ2) is 9.87. The summed E-state index contributed by atoms with van der Waals surface area (Å²) in [5, 5.41) is 15.7. The number of nitrogens with zero attached hydrogens (tertiary/aromatic N) is 3. The van der Waals surface area contributed by atoms with Crippen LogP contribution in [0, 0.1) is 16.0 Å². The lowest BCUT2D eigenvalue weighted by molar-refractivity contribution is -0.384. The summed E-state index contributed by atoms with van der Waals surface area (Å²) in [5.41, 5.74) is 5.39. The molecule has 0 spiro atoms. The highest BCUT2D eigenvalue weighted by atomic mass is 16.6. The Kier molecular flexibility index (Phi) is 7.00. The molecule has 0 atom stereocenters. The Hall–Kier alpha value is -3.42. The van der Waals surface area contributed by atoms with Gasteiger partial charge in [0.2, 0.25) is 0 Å². The molecular formula is C22H26N4O4. The molecule has 1 saturated heterocycles. The fraction of sp³-hybridized carbons (Fsp3) is 0.364. The van der Waals surface area contributed by atoms with Crippen molar-refractivity contribution in [1.82, 2.24) is 0 Å². The van der Waals surface area contributed by atoms with Crippen LogP contribution in [0.4, 0.5) is 17.1 Å². The van der Waals surface area contributed by atoms with Crippen molar-refractivity contribution in [3.8, 4) is 0 Å². The van der Waals surface area contributed by atoms with Crippen LogP contribution in [0.25, 0.3) is 0 Å². The summed E-state index contributed by atoms with van der Waals surface area (Å²) in [6.07, 6.45) is 3.62. The first-order chi connectivity index (χ1) is 14.5. The lowest BCUT2D eigenvalue weighted by Crippen LogP contribution is -2.33. The molecule has 8 heteroatoms. The highest BCUT2D eigenvalue weighted by molar-refractivity contribution is 5.90. The number of hydrazone groups is 1. The maximum Gasteiger partial charge on any atom is 0.338 e. The normalized spacial score (nSPS) is 14.7. The van der Waals surface area contributed by atoms with E-state index < -0.39 is 0 Å². The van der Waals surface area contributed by atoms with Crippen molar-refractivity contribution in [2.75, 3.05) is 30.0 Å². The zero-order valence-corrected chi connectivity index (χ0v) is 17.2. The van der Waals surface area contributed by atoms with Crippen LogP contribution in [0.3, 0.4) is 0 Å². The quantitative estimate of drug-likeness (QED) is 0.313. The number of carbonyl (C=O) groups is 1.